The van der Waals surface area contributed by atoms with E-state index in [1.54, 1.807) is 0 Å². The summed E-state index contributed by atoms with van der Waals surface area (Å²) in [6.07, 6.45) is 4.71. The summed E-state index contributed by atoms with van der Waals surface area (Å²) in [7, 11) is 2.01. The van der Waals surface area contributed by atoms with Crippen LogP contribution in [0.4, 0.5) is 0 Å². The van der Waals surface area contributed by atoms with E-state index in [1.165, 1.54) is 11.3 Å². The van der Waals surface area contributed by atoms with Gasteiger partial charge in [-0.25, -0.2) is 4.98 Å². The quantitative estimate of drug-likeness (QED) is 0.905. The third-order valence-corrected chi connectivity index (χ3v) is 4.80. The average molecular weight is 293 g/mol. The maximum Gasteiger partial charge on any atom is 0.268 e. The number of aromatic amines is 1. The molecule has 3 rings (SSSR count). The summed E-state index contributed by atoms with van der Waals surface area (Å²) in [5.74, 6) is 0.622. The number of nitrogens with zero attached hydrogens (tertiary/aromatic N) is 1. The van der Waals surface area contributed by atoms with E-state index in [2.05, 4.69) is 15.3 Å². The molecular formula is C14H19N3O2S. The lowest BCUT2D eigenvalue weighted by atomic mass is 9.93. The van der Waals surface area contributed by atoms with Gasteiger partial charge in [-0.3, -0.25) is 4.79 Å². The van der Waals surface area contributed by atoms with Gasteiger partial charge in [0.05, 0.1) is 11.6 Å². The number of rotatable bonds is 4. The van der Waals surface area contributed by atoms with Crippen molar-refractivity contribution in [1.82, 2.24) is 15.3 Å². The van der Waals surface area contributed by atoms with Crippen LogP contribution in [-0.4, -0.2) is 29.2 Å². The first-order chi connectivity index (χ1) is 9.76. The Balaban J connectivity index is 1.61. The zero-order valence-corrected chi connectivity index (χ0v) is 12.3. The smallest absolute Gasteiger partial charge is 0.268 e. The molecule has 1 aliphatic carbocycles. The highest BCUT2D eigenvalue weighted by molar-refractivity contribution is 7.17. The van der Waals surface area contributed by atoms with E-state index in [9.17, 15) is 4.79 Å². The molecule has 2 N–H and O–H groups in total. The summed E-state index contributed by atoms with van der Waals surface area (Å²) in [6.45, 7) is 0.385. The molecular weight excluding hydrogens is 274 g/mol. The van der Waals surface area contributed by atoms with Crippen molar-refractivity contribution >= 4 is 21.6 Å². The summed E-state index contributed by atoms with van der Waals surface area (Å²) < 4.78 is 6.57. The molecule has 2 aromatic rings. The van der Waals surface area contributed by atoms with Crippen LogP contribution in [0, 0.1) is 0 Å². The van der Waals surface area contributed by atoms with E-state index in [1.807, 2.05) is 18.5 Å². The fourth-order valence-electron chi connectivity index (χ4n) is 2.70. The fourth-order valence-corrected chi connectivity index (χ4v) is 3.43. The third kappa shape index (κ3) is 2.92. The number of ether oxygens (including phenoxy) is 1. The highest BCUT2D eigenvalue weighted by Gasteiger charge is 2.20. The molecule has 108 valence electrons. The van der Waals surface area contributed by atoms with Gasteiger partial charge >= 0.3 is 0 Å². The van der Waals surface area contributed by atoms with Crippen molar-refractivity contribution < 1.29 is 4.74 Å². The van der Waals surface area contributed by atoms with Crippen molar-refractivity contribution in [1.29, 1.82) is 0 Å². The van der Waals surface area contributed by atoms with Gasteiger partial charge in [-0.05, 0) is 44.2 Å². The van der Waals surface area contributed by atoms with Crippen LogP contribution in [0.3, 0.4) is 0 Å². The zero-order valence-electron chi connectivity index (χ0n) is 11.5. The number of hydrogen-bond donors (Lipinski definition) is 2. The molecule has 0 radical (unpaired) electrons. The molecule has 0 saturated heterocycles. The molecule has 0 unspecified atom stereocenters. The molecule has 1 aliphatic rings. The average Bonchev–Trinajstić information content (AvgIpc) is 2.94. The maximum absolute atomic E-state index is 11.8. The van der Waals surface area contributed by atoms with Crippen LogP contribution in [0.1, 0.15) is 31.5 Å². The van der Waals surface area contributed by atoms with Gasteiger partial charge in [0.2, 0.25) is 0 Å². The molecule has 2 aromatic heterocycles. The highest BCUT2D eigenvalue weighted by Crippen LogP contribution is 2.22. The lowest BCUT2D eigenvalue weighted by Gasteiger charge is -2.28. The van der Waals surface area contributed by atoms with Crippen molar-refractivity contribution in [2.24, 2.45) is 0 Å². The minimum absolute atomic E-state index is 0.0671. The zero-order chi connectivity index (χ0) is 13.9. The van der Waals surface area contributed by atoms with E-state index in [0.717, 1.165) is 31.2 Å². The fraction of sp³-hybridized carbons (Fsp3) is 0.571. The summed E-state index contributed by atoms with van der Waals surface area (Å²) in [5.41, 5.74) is 0.693. The number of hydrogen-bond acceptors (Lipinski definition) is 5. The second kappa shape index (κ2) is 6.03. The molecule has 1 saturated carbocycles. The molecule has 0 spiro atoms. The van der Waals surface area contributed by atoms with Gasteiger partial charge in [0, 0.05) is 6.04 Å². The third-order valence-electron chi connectivity index (χ3n) is 3.90. The van der Waals surface area contributed by atoms with Crippen LogP contribution in [0.2, 0.25) is 0 Å². The predicted molar refractivity (Wildman–Crippen MR) is 80.1 cm³/mol. The lowest BCUT2D eigenvalue weighted by molar-refractivity contribution is 0.00870. The second-order valence-corrected chi connectivity index (χ2v) is 6.14. The molecule has 5 nitrogen and oxygen atoms in total. The molecule has 0 aliphatic heterocycles. The van der Waals surface area contributed by atoms with Gasteiger partial charge in [0.1, 0.15) is 17.1 Å². The molecule has 0 aromatic carbocycles. The predicted octanol–water partition coefficient (Wildman–Crippen LogP) is 2.03. The number of thiophene rings is 1. The number of aromatic nitrogens is 2. The summed E-state index contributed by atoms with van der Waals surface area (Å²) >= 11 is 1.42. The summed E-state index contributed by atoms with van der Waals surface area (Å²) in [6, 6.07) is 2.49. The van der Waals surface area contributed by atoms with E-state index < -0.39 is 0 Å². The monoisotopic (exact) mass is 293 g/mol. The van der Waals surface area contributed by atoms with Crippen LogP contribution in [0.15, 0.2) is 16.2 Å². The van der Waals surface area contributed by atoms with Crippen molar-refractivity contribution in [3.05, 3.63) is 27.6 Å². The van der Waals surface area contributed by atoms with Gasteiger partial charge in [-0.15, -0.1) is 11.3 Å². The Hall–Kier alpha value is -1.24. The Morgan fingerprint density at radius 2 is 2.25 bits per heavy atom. The van der Waals surface area contributed by atoms with E-state index in [-0.39, 0.29) is 11.7 Å². The molecule has 0 bridgehead atoms. The van der Waals surface area contributed by atoms with Crippen LogP contribution >= 0.6 is 11.3 Å². The number of fused-ring (bicyclic) bond motifs is 1. The molecule has 6 heteroatoms. The molecule has 0 atom stereocenters. The Kier molecular flexibility index (Phi) is 4.14. The van der Waals surface area contributed by atoms with E-state index >= 15 is 0 Å². The minimum atomic E-state index is -0.0671. The molecule has 0 amide bonds. The molecule has 1 fully saturated rings. The van der Waals surface area contributed by atoms with Crippen LogP contribution in [-0.2, 0) is 11.3 Å². The highest BCUT2D eigenvalue weighted by atomic mass is 32.1. The van der Waals surface area contributed by atoms with Crippen molar-refractivity contribution in [2.75, 3.05) is 7.05 Å². The van der Waals surface area contributed by atoms with Gasteiger partial charge in [0.15, 0.2) is 0 Å². The Morgan fingerprint density at radius 1 is 1.45 bits per heavy atom. The Labute approximate surface area is 121 Å². The Bertz CT molecular complexity index is 629. The Morgan fingerprint density at radius 3 is 3.00 bits per heavy atom. The first kappa shape index (κ1) is 13.7. The minimum Gasteiger partial charge on any atom is -0.370 e. The molecule has 20 heavy (non-hydrogen) atoms. The topological polar surface area (TPSA) is 67.0 Å². The summed E-state index contributed by atoms with van der Waals surface area (Å²) in [5, 5.41) is 5.19. The lowest BCUT2D eigenvalue weighted by Crippen LogP contribution is -2.33. The van der Waals surface area contributed by atoms with Gasteiger partial charge in [-0.2, -0.15) is 0 Å². The van der Waals surface area contributed by atoms with Crippen molar-refractivity contribution in [3.8, 4) is 0 Å². The standard InChI is InChI=1S/C14H19N3O2S/c1-15-9-2-4-10(5-3-9)19-8-12-16-11-6-7-20-13(11)14(18)17-12/h6-7,9-10,15H,2-5,8H2,1H3,(H,16,17,18). The van der Waals surface area contributed by atoms with E-state index in [0.29, 0.717) is 23.2 Å². The van der Waals surface area contributed by atoms with E-state index in [4.69, 9.17) is 4.74 Å². The summed E-state index contributed by atoms with van der Waals surface area (Å²) in [4.78, 5) is 19.1. The first-order valence-corrected chi connectivity index (χ1v) is 7.89. The number of H-pyrrole nitrogens is 1. The maximum atomic E-state index is 11.8. The normalized spacial score (nSPS) is 23.2. The van der Waals surface area contributed by atoms with Gasteiger partial charge < -0.3 is 15.0 Å². The van der Waals surface area contributed by atoms with Crippen molar-refractivity contribution in [3.63, 3.8) is 0 Å². The van der Waals surface area contributed by atoms with Crippen LogP contribution in [0.5, 0.6) is 0 Å². The van der Waals surface area contributed by atoms with Crippen LogP contribution in [0.25, 0.3) is 10.2 Å². The number of nitrogens with one attached hydrogen (secondary N) is 2. The SMILES string of the molecule is CNC1CCC(OCc2nc3ccsc3c(=O)[nH]2)CC1. The van der Waals surface area contributed by atoms with Gasteiger partial charge in [0.25, 0.3) is 5.56 Å². The van der Waals surface area contributed by atoms with Crippen molar-refractivity contribution in [2.45, 2.75) is 44.4 Å². The second-order valence-electron chi connectivity index (χ2n) is 5.22. The molecule has 2 heterocycles. The largest absolute Gasteiger partial charge is 0.370 e. The van der Waals surface area contributed by atoms with Crippen LogP contribution < -0.4 is 10.9 Å². The van der Waals surface area contributed by atoms with Gasteiger partial charge in [-0.1, -0.05) is 0 Å². The first-order valence-electron chi connectivity index (χ1n) is 7.01.